The molecular weight excluding hydrogens is 316 g/mol. The van der Waals surface area contributed by atoms with Gasteiger partial charge in [0.05, 0.1) is 12.5 Å². The molecule has 0 aliphatic rings. The van der Waals surface area contributed by atoms with Crippen LogP contribution >= 0.6 is 0 Å². The molecule has 1 atom stereocenters. The molecule has 2 aromatic carbocycles. The number of hydrazine groups is 1. The average Bonchev–Trinajstić information content (AvgIpc) is 2.55. The van der Waals surface area contributed by atoms with Crippen molar-refractivity contribution in [2.45, 2.75) is 19.4 Å². The maximum atomic E-state index is 12.9. The number of carbonyl (C=O) groups excluding carboxylic acids is 2. The summed E-state index contributed by atoms with van der Waals surface area (Å²) in [5.41, 5.74) is 5.83. The molecule has 126 valence electrons. The molecule has 0 fully saturated rings. The predicted octanol–water partition coefficient (Wildman–Crippen LogP) is 2.60. The van der Waals surface area contributed by atoms with E-state index in [4.69, 9.17) is 0 Å². The molecule has 0 spiro atoms. The number of hydrogen-bond donors (Lipinski definition) is 3. The van der Waals surface area contributed by atoms with E-state index in [0.717, 1.165) is 5.56 Å². The first-order chi connectivity index (χ1) is 11.4. The molecule has 2 aromatic rings. The Kier molecular flexibility index (Phi) is 5.83. The molecule has 0 aliphatic heterocycles. The summed E-state index contributed by atoms with van der Waals surface area (Å²) in [6, 6.07) is 10.3. The summed E-state index contributed by atoms with van der Waals surface area (Å²) in [6.45, 7) is 1.73. The van der Waals surface area contributed by atoms with Gasteiger partial charge >= 0.3 is 6.03 Å². The maximum absolute atomic E-state index is 12.9. The van der Waals surface area contributed by atoms with Gasteiger partial charge < -0.3 is 5.32 Å². The summed E-state index contributed by atoms with van der Waals surface area (Å²) in [7, 11) is 0. The van der Waals surface area contributed by atoms with Crippen molar-refractivity contribution in [2.75, 3.05) is 0 Å². The summed E-state index contributed by atoms with van der Waals surface area (Å²) in [4.78, 5) is 23.4. The second-order valence-corrected chi connectivity index (χ2v) is 5.22. The summed E-state index contributed by atoms with van der Waals surface area (Å²) < 4.78 is 25.6. The quantitative estimate of drug-likeness (QED) is 0.753. The Hall–Kier alpha value is -2.96. The van der Waals surface area contributed by atoms with E-state index in [9.17, 15) is 18.4 Å². The highest BCUT2D eigenvalue weighted by molar-refractivity contribution is 5.82. The van der Waals surface area contributed by atoms with E-state index in [1.165, 1.54) is 36.4 Å². The van der Waals surface area contributed by atoms with E-state index < -0.39 is 11.9 Å². The van der Waals surface area contributed by atoms with E-state index in [1.54, 1.807) is 19.1 Å². The lowest BCUT2D eigenvalue weighted by molar-refractivity contribution is -0.121. The lowest BCUT2D eigenvalue weighted by Gasteiger charge is -2.15. The Morgan fingerprint density at radius 3 is 2.04 bits per heavy atom. The first-order valence-corrected chi connectivity index (χ1v) is 7.29. The molecule has 7 heteroatoms. The van der Waals surface area contributed by atoms with E-state index in [-0.39, 0.29) is 24.1 Å². The number of nitrogens with one attached hydrogen (secondary N) is 3. The third-order valence-electron chi connectivity index (χ3n) is 3.31. The molecule has 0 saturated heterocycles. The second kappa shape index (κ2) is 8.05. The van der Waals surface area contributed by atoms with Gasteiger partial charge in [0.1, 0.15) is 11.6 Å². The topological polar surface area (TPSA) is 70.2 Å². The lowest BCUT2D eigenvalue weighted by atomic mass is 10.1. The van der Waals surface area contributed by atoms with Crippen LogP contribution in [0.1, 0.15) is 24.1 Å². The molecule has 0 saturated carbocycles. The van der Waals surface area contributed by atoms with Crippen molar-refractivity contribution in [2.24, 2.45) is 0 Å². The van der Waals surface area contributed by atoms with Crippen LogP contribution in [0.3, 0.4) is 0 Å². The molecule has 0 heterocycles. The largest absolute Gasteiger partial charge is 0.333 e. The Bertz CT molecular complexity index is 703. The Balaban J connectivity index is 1.76. The number of hydrogen-bond acceptors (Lipinski definition) is 2. The molecule has 0 aromatic heterocycles. The molecular formula is C17H17F2N3O2. The number of benzene rings is 2. The third kappa shape index (κ3) is 5.35. The molecule has 24 heavy (non-hydrogen) atoms. The molecule has 3 amide bonds. The van der Waals surface area contributed by atoms with E-state index >= 15 is 0 Å². The molecule has 1 unspecified atom stereocenters. The van der Waals surface area contributed by atoms with Gasteiger partial charge in [-0.15, -0.1) is 0 Å². The van der Waals surface area contributed by atoms with Crippen LogP contribution in [0.25, 0.3) is 0 Å². The predicted molar refractivity (Wildman–Crippen MR) is 84.7 cm³/mol. The maximum Gasteiger partial charge on any atom is 0.333 e. The second-order valence-electron chi connectivity index (χ2n) is 5.22. The SMILES string of the molecule is CC(NC(=O)NNC(=O)Cc1ccc(F)cc1)c1ccc(F)cc1. The van der Waals surface area contributed by atoms with Crippen LogP contribution in [-0.2, 0) is 11.2 Å². The standard InChI is InChI=1S/C17H17F2N3O2/c1-11(13-4-8-15(19)9-5-13)20-17(24)22-21-16(23)10-12-2-6-14(18)7-3-12/h2-9,11H,10H2,1H3,(H,21,23)(H2,20,22,24). The molecule has 2 rings (SSSR count). The zero-order valence-corrected chi connectivity index (χ0v) is 13.0. The zero-order valence-electron chi connectivity index (χ0n) is 13.0. The molecule has 3 N–H and O–H groups in total. The monoisotopic (exact) mass is 333 g/mol. The highest BCUT2D eigenvalue weighted by atomic mass is 19.1. The Morgan fingerprint density at radius 2 is 1.46 bits per heavy atom. The van der Waals surface area contributed by atoms with Crippen LogP contribution < -0.4 is 16.2 Å². The van der Waals surface area contributed by atoms with Gasteiger partial charge in [-0.05, 0) is 42.3 Å². The third-order valence-corrected chi connectivity index (χ3v) is 3.31. The number of amides is 3. The van der Waals surface area contributed by atoms with Gasteiger partial charge in [0.15, 0.2) is 0 Å². The highest BCUT2D eigenvalue weighted by Gasteiger charge is 2.10. The van der Waals surface area contributed by atoms with Crippen molar-refractivity contribution in [1.29, 1.82) is 0 Å². The highest BCUT2D eigenvalue weighted by Crippen LogP contribution is 2.12. The van der Waals surface area contributed by atoms with E-state index in [2.05, 4.69) is 16.2 Å². The van der Waals surface area contributed by atoms with E-state index in [1.807, 2.05) is 0 Å². The van der Waals surface area contributed by atoms with Gasteiger partial charge in [-0.3, -0.25) is 10.2 Å². The molecule has 5 nitrogen and oxygen atoms in total. The fourth-order valence-corrected chi connectivity index (χ4v) is 2.03. The zero-order chi connectivity index (χ0) is 17.5. The van der Waals surface area contributed by atoms with Crippen LogP contribution in [0.15, 0.2) is 48.5 Å². The van der Waals surface area contributed by atoms with Crippen molar-refractivity contribution in [3.63, 3.8) is 0 Å². The van der Waals surface area contributed by atoms with Crippen LogP contribution in [-0.4, -0.2) is 11.9 Å². The van der Waals surface area contributed by atoms with E-state index in [0.29, 0.717) is 5.56 Å². The Morgan fingerprint density at radius 1 is 0.917 bits per heavy atom. The van der Waals surface area contributed by atoms with Crippen molar-refractivity contribution >= 4 is 11.9 Å². The fraction of sp³-hybridized carbons (Fsp3) is 0.176. The fourth-order valence-electron chi connectivity index (χ4n) is 2.03. The lowest BCUT2D eigenvalue weighted by Crippen LogP contribution is -2.47. The minimum absolute atomic E-state index is 0.00801. The van der Waals surface area contributed by atoms with Gasteiger partial charge in [-0.1, -0.05) is 24.3 Å². The van der Waals surface area contributed by atoms with Crippen LogP contribution in [0.5, 0.6) is 0 Å². The van der Waals surface area contributed by atoms with Gasteiger partial charge in [-0.25, -0.2) is 19.0 Å². The van der Waals surface area contributed by atoms with Crippen molar-refractivity contribution in [3.8, 4) is 0 Å². The van der Waals surface area contributed by atoms with Gasteiger partial charge in [0.2, 0.25) is 5.91 Å². The molecule has 0 aliphatic carbocycles. The summed E-state index contributed by atoms with van der Waals surface area (Å²) in [5.74, 6) is -1.18. The van der Waals surface area contributed by atoms with Crippen molar-refractivity contribution in [1.82, 2.24) is 16.2 Å². The van der Waals surface area contributed by atoms with Gasteiger partial charge in [-0.2, -0.15) is 0 Å². The van der Waals surface area contributed by atoms with Crippen LogP contribution in [0.2, 0.25) is 0 Å². The summed E-state index contributed by atoms with van der Waals surface area (Å²) in [6.07, 6.45) is 0.00801. The number of halogens is 2. The first-order valence-electron chi connectivity index (χ1n) is 7.29. The normalized spacial score (nSPS) is 11.5. The minimum Gasteiger partial charge on any atom is -0.330 e. The summed E-state index contributed by atoms with van der Waals surface area (Å²) >= 11 is 0. The van der Waals surface area contributed by atoms with Gasteiger partial charge in [0, 0.05) is 0 Å². The van der Waals surface area contributed by atoms with Crippen LogP contribution in [0, 0.1) is 11.6 Å². The van der Waals surface area contributed by atoms with Crippen LogP contribution in [0.4, 0.5) is 13.6 Å². The average molecular weight is 333 g/mol. The number of carbonyl (C=O) groups is 2. The number of urea groups is 1. The van der Waals surface area contributed by atoms with Gasteiger partial charge in [0.25, 0.3) is 0 Å². The summed E-state index contributed by atoms with van der Waals surface area (Å²) in [5, 5.41) is 2.61. The van der Waals surface area contributed by atoms with Crippen molar-refractivity contribution < 1.29 is 18.4 Å². The smallest absolute Gasteiger partial charge is 0.330 e. The first kappa shape index (κ1) is 17.4. The molecule has 0 bridgehead atoms. The Labute approximate surface area is 138 Å². The minimum atomic E-state index is -0.598. The van der Waals surface area contributed by atoms with Crippen molar-refractivity contribution in [3.05, 3.63) is 71.3 Å². The molecule has 0 radical (unpaired) electrons. The number of rotatable bonds is 4.